The predicted octanol–water partition coefficient (Wildman–Crippen LogP) is 1.66. The maximum Gasteiger partial charge on any atom is 0.264 e. The largest absolute Gasteiger partial charge is 0.390 e. The lowest BCUT2D eigenvalue weighted by atomic mass is 10.2. The third kappa shape index (κ3) is 3.49. The molecular weight excluding hydrogens is 374 g/mol. The van der Waals surface area contributed by atoms with Crippen LogP contribution in [0.25, 0.3) is 0 Å². The normalized spacial score (nSPS) is 22.3. The summed E-state index contributed by atoms with van der Waals surface area (Å²) >= 11 is 0. The first-order chi connectivity index (χ1) is 12.1. The summed E-state index contributed by atoms with van der Waals surface area (Å²) in [7, 11) is -7.57. The van der Waals surface area contributed by atoms with Gasteiger partial charge in [-0.1, -0.05) is 35.9 Å². The standard InChI is InChI=1S/C18H21NO5S2/c1-13-8-9-18(14(2)10-13)26(23,24)19(15-6-4-3-5-7-15)16-11-25(21,22)12-17(16)20/h3-10,16-17,20H,11-12H2,1-2H3/t16-,17-/m0/s1. The molecule has 2 atom stereocenters. The van der Waals surface area contributed by atoms with Gasteiger partial charge in [-0.3, -0.25) is 4.31 Å². The molecule has 0 aromatic heterocycles. The molecule has 2 aromatic carbocycles. The molecule has 3 rings (SSSR count). The van der Waals surface area contributed by atoms with Gasteiger partial charge >= 0.3 is 0 Å². The molecule has 1 heterocycles. The van der Waals surface area contributed by atoms with Gasteiger partial charge in [0.1, 0.15) is 0 Å². The summed E-state index contributed by atoms with van der Waals surface area (Å²) in [5.74, 6) is -0.851. The maximum atomic E-state index is 13.4. The van der Waals surface area contributed by atoms with E-state index in [9.17, 15) is 21.9 Å². The topological polar surface area (TPSA) is 91.8 Å². The van der Waals surface area contributed by atoms with Gasteiger partial charge in [0.15, 0.2) is 9.84 Å². The zero-order valence-electron chi connectivity index (χ0n) is 14.5. The Labute approximate surface area is 154 Å². The quantitative estimate of drug-likeness (QED) is 0.850. The van der Waals surface area contributed by atoms with Crippen LogP contribution < -0.4 is 4.31 Å². The molecule has 8 heteroatoms. The Kier molecular flexibility index (Phi) is 4.85. The van der Waals surface area contributed by atoms with Crippen molar-refractivity contribution in [3.8, 4) is 0 Å². The zero-order chi connectivity index (χ0) is 19.1. The van der Waals surface area contributed by atoms with Crippen molar-refractivity contribution in [3.05, 3.63) is 59.7 Å². The van der Waals surface area contributed by atoms with E-state index in [-0.39, 0.29) is 4.90 Å². The highest BCUT2D eigenvalue weighted by molar-refractivity contribution is 7.93. The highest BCUT2D eigenvalue weighted by Gasteiger charge is 2.45. The summed E-state index contributed by atoms with van der Waals surface area (Å²) in [5, 5.41) is 10.3. The van der Waals surface area contributed by atoms with E-state index < -0.39 is 43.5 Å². The summed E-state index contributed by atoms with van der Waals surface area (Å²) in [5.41, 5.74) is 1.83. The molecule has 6 nitrogen and oxygen atoms in total. The van der Waals surface area contributed by atoms with E-state index in [1.165, 1.54) is 6.07 Å². The van der Waals surface area contributed by atoms with Crippen LogP contribution in [0.5, 0.6) is 0 Å². The number of aliphatic hydroxyl groups excluding tert-OH is 1. The average Bonchev–Trinajstić information content (AvgIpc) is 2.80. The maximum absolute atomic E-state index is 13.4. The average molecular weight is 396 g/mol. The SMILES string of the molecule is Cc1ccc(S(=O)(=O)N(c2ccccc2)[C@H]2CS(=O)(=O)C[C@@H]2O)c(C)c1. The summed E-state index contributed by atoms with van der Waals surface area (Å²) in [4.78, 5) is 0.100. The highest BCUT2D eigenvalue weighted by Crippen LogP contribution is 2.32. The minimum Gasteiger partial charge on any atom is -0.390 e. The number of sulfone groups is 1. The highest BCUT2D eigenvalue weighted by atomic mass is 32.2. The van der Waals surface area contributed by atoms with Crippen molar-refractivity contribution >= 4 is 25.5 Å². The Morgan fingerprint density at radius 1 is 1.04 bits per heavy atom. The third-order valence-electron chi connectivity index (χ3n) is 4.47. The lowest BCUT2D eigenvalue weighted by Crippen LogP contribution is -2.47. The number of rotatable bonds is 4. The first kappa shape index (κ1) is 18.9. The second kappa shape index (κ2) is 6.68. The van der Waals surface area contributed by atoms with Crippen molar-refractivity contribution < 1.29 is 21.9 Å². The molecule has 2 aromatic rings. The van der Waals surface area contributed by atoms with Gasteiger partial charge in [-0.25, -0.2) is 16.8 Å². The van der Waals surface area contributed by atoms with Crippen LogP contribution in [0.4, 0.5) is 5.69 Å². The number of sulfonamides is 1. The molecule has 140 valence electrons. The van der Waals surface area contributed by atoms with Gasteiger partial charge in [-0.15, -0.1) is 0 Å². The number of aryl methyl sites for hydroxylation is 2. The molecule has 0 spiro atoms. The molecule has 0 amide bonds. The van der Waals surface area contributed by atoms with Crippen LogP contribution in [0.1, 0.15) is 11.1 Å². The summed E-state index contributed by atoms with van der Waals surface area (Å²) in [6.45, 7) is 3.57. The van der Waals surface area contributed by atoms with E-state index in [4.69, 9.17) is 0 Å². The van der Waals surface area contributed by atoms with Gasteiger partial charge in [0.05, 0.1) is 34.2 Å². The molecule has 1 aliphatic heterocycles. The van der Waals surface area contributed by atoms with Crippen LogP contribution >= 0.6 is 0 Å². The summed E-state index contributed by atoms with van der Waals surface area (Å²) < 4.78 is 51.9. The van der Waals surface area contributed by atoms with E-state index in [0.717, 1.165) is 9.87 Å². The fourth-order valence-corrected chi connectivity index (χ4v) is 7.07. The van der Waals surface area contributed by atoms with Crippen molar-refractivity contribution in [2.45, 2.75) is 30.9 Å². The third-order valence-corrected chi connectivity index (χ3v) is 8.18. The zero-order valence-corrected chi connectivity index (χ0v) is 16.2. The summed E-state index contributed by atoms with van der Waals surface area (Å²) in [6.07, 6.45) is -1.28. The van der Waals surface area contributed by atoms with E-state index in [1.807, 2.05) is 6.92 Å². The first-order valence-corrected chi connectivity index (χ1v) is 11.4. The number of hydrogen-bond acceptors (Lipinski definition) is 5. The van der Waals surface area contributed by atoms with Crippen molar-refractivity contribution in [1.82, 2.24) is 0 Å². The van der Waals surface area contributed by atoms with Crippen molar-refractivity contribution in [1.29, 1.82) is 0 Å². The fraction of sp³-hybridized carbons (Fsp3) is 0.333. The molecule has 1 N–H and O–H groups in total. The van der Waals surface area contributed by atoms with E-state index >= 15 is 0 Å². The first-order valence-electron chi connectivity index (χ1n) is 8.17. The molecule has 0 saturated carbocycles. The molecule has 1 aliphatic rings. The number of nitrogens with zero attached hydrogens (tertiary/aromatic N) is 1. The Balaban J connectivity index is 2.18. The van der Waals surface area contributed by atoms with Crippen LogP contribution in [0, 0.1) is 13.8 Å². The molecule has 0 radical (unpaired) electrons. The van der Waals surface area contributed by atoms with E-state index in [2.05, 4.69) is 0 Å². The molecule has 0 unspecified atom stereocenters. The molecule has 0 bridgehead atoms. The van der Waals surface area contributed by atoms with Gasteiger partial charge < -0.3 is 5.11 Å². The lowest BCUT2D eigenvalue weighted by molar-refractivity contribution is 0.184. The number of hydrogen-bond donors (Lipinski definition) is 1. The lowest BCUT2D eigenvalue weighted by Gasteiger charge is -2.32. The van der Waals surface area contributed by atoms with Crippen LogP contribution in [-0.2, 0) is 19.9 Å². The number of anilines is 1. The van der Waals surface area contributed by atoms with Gasteiger partial charge in [-0.2, -0.15) is 0 Å². The van der Waals surface area contributed by atoms with Crippen LogP contribution in [0.3, 0.4) is 0 Å². The minimum absolute atomic E-state index is 0.100. The van der Waals surface area contributed by atoms with Crippen molar-refractivity contribution in [3.63, 3.8) is 0 Å². The second-order valence-electron chi connectivity index (χ2n) is 6.62. The number of benzene rings is 2. The Morgan fingerprint density at radius 2 is 1.69 bits per heavy atom. The molecular formula is C18H21NO5S2. The monoisotopic (exact) mass is 395 g/mol. The van der Waals surface area contributed by atoms with E-state index in [1.54, 1.807) is 49.4 Å². The Hall–Kier alpha value is -1.90. The van der Waals surface area contributed by atoms with Gasteiger partial charge in [0.2, 0.25) is 0 Å². The van der Waals surface area contributed by atoms with Crippen molar-refractivity contribution in [2.24, 2.45) is 0 Å². The number of aliphatic hydroxyl groups is 1. The molecule has 26 heavy (non-hydrogen) atoms. The molecule has 0 aliphatic carbocycles. The fourth-order valence-electron chi connectivity index (χ4n) is 3.31. The second-order valence-corrected chi connectivity index (χ2v) is 10.6. The van der Waals surface area contributed by atoms with Gasteiger partial charge in [0, 0.05) is 0 Å². The minimum atomic E-state index is -4.06. The van der Waals surface area contributed by atoms with Gasteiger partial charge in [-0.05, 0) is 37.6 Å². The van der Waals surface area contributed by atoms with Crippen LogP contribution in [-0.4, -0.2) is 45.6 Å². The Bertz CT molecular complexity index is 1020. The predicted molar refractivity (Wildman–Crippen MR) is 100 cm³/mol. The molecule has 1 saturated heterocycles. The van der Waals surface area contributed by atoms with Gasteiger partial charge in [0.25, 0.3) is 10.0 Å². The smallest absolute Gasteiger partial charge is 0.264 e. The van der Waals surface area contributed by atoms with E-state index in [0.29, 0.717) is 11.3 Å². The Morgan fingerprint density at radius 3 is 2.23 bits per heavy atom. The van der Waals surface area contributed by atoms with Crippen LogP contribution in [0.15, 0.2) is 53.4 Å². The number of para-hydroxylation sites is 1. The van der Waals surface area contributed by atoms with Crippen LogP contribution in [0.2, 0.25) is 0 Å². The summed E-state index contributed by atoms with van der Waals surface area (Å²) in [6, 6.07) is 12.2. The molecule has 1 fully saturated rings. The van der Waals surface area contributed by atoms with Crippen molar-refractivity contribution in [2.75, 3.05) is 15.8 Å².